The van der Waals surface area contributed by atoms with Gasteiger partial charge in [-0.1, -0.05) is 27.7 Å². The highest BCUT2D eigenvalue weighted by molar-refractivity contribution is 6.07. The number of fused-ring (bicyclic) bond motifs is 2. The van der Waals surface area contributed by atoms with E-state index in [4.69, 9.17) is 0 Å². The molecule has 0 saturated carbocycles. The van der Waals surface area contributed by atoms with Crippen LogP contribution in [0.3, 0.4) is 0 Å². The molecule has 0 spiro atoms. The Balaban J connectivity index is 2.39. The minimum atomic E-state index is -1.11. The lowest BCUT2D eigenvalue weighted by Crippen LogP contribution is -2.38. The van der Waals surface area contributed by atoms with Crippen molar-refractivity contribution in [2.45, 2.75) is 66.6 Å². The summed E-state index contributed by atoms with van der Waals surface area (Å²) in [6.07, 6.45) is 0. The number of aromatic hydroxyl groups is 4. The molecule has 10 nitrogen and oxygen atoms in total. The van der Waals surface area contributed by atoms with Crippen LogP contribution in [0.2, 0.25) is 0 Å². The van der Waals surface area contributed by atoms with Crippen LogP contribution >= 0.6 is 0 Å². The van der Waals surface area contributed by atoms with Crippen molar-refractivity contribution in [3.05, 3.63) is 74.3 Å². The highest BCUT2D eigenvalue weighted by atomic mass is 16.3. The molecule has 6 N–H and O–H groups in total. The fraction of sp³-hybridized carbons (Fsp3) is 0.333. The summed E-state index contributed by atoms with van der Waals surface area (Å²) in [6.45, 7) is 7.34. The fourth-order valence-electron chi connectivity index (χ4n) is 5.79. The van der Waals surface area contributed by atoms with Crippen LogP contribution in [-0.4, -0.2) is 30.6 Å². The molecule has 0 bridgehead atoms. The normalized spacial score (nSPS) is 11.9. The van der Waals surface area contributed by atoms with Crippen LogP contribution in [0.4, 0.5) is 0 Å². The van der Waals surface area contributed by atoms with E-state index in [1.54, 1.807) is 27.7 Å². The SMILES string of the molecule is Cc1c(-c2c(C)c(=O)c3c(C(C)C)c(=O)c(=O)c(CO)c-3c2=O)c(O)c2c(CO)c(O)c(O)c(C(C)C)c2c1O. The third kappa shape index (κ3) is 3.63. The lowest BCUT2D eigenvalue weighted by atomic mass is 9.80. The first-order valence-corrected chi connectivity index (χ1v) is 12.7. The number of phenols is 4. The Hall–Kier alpha value is -4.28. The average Bonchev–Trinajstić information content (AvgIpc) is 2.89. The van der Waals surface area contributed by atoms with Gasteiger partial charge in [0.15, 0.2) is 22.4 Å². The van der Waals surface area contributed by atoms with Gasteiger partial charge in [0.05, 0.1) is 13.2 Å². The van der Waals surface area contributed by atoms with E-state index in [-0.39, 0.29) is 55.3 Å². The van der Waals surface area contributed by atoms with E-state index >= 15 is 0 Å². The molecule has 0 atom stereocenters. The first kappa shape index (κ1) is 28.7. The number of rotatable bonds is 5. The largest absolute Gasteiger partial charge is 0.507 e. The van der Waals surface area contributed by atoms with Crippen LogP contribution in [-0.2, 0) is 13.2 Å². The first-order chi connectivity index (χ1) is 18.6. The van der Waals surface area contributed by atoms with Crippen molar-refractivity contribution in [1.29, 1.82) is 0 Å². The van der Waals surface area contributed by atoms with Gasteiger partial charge in [0, 0.05) is 66.4 Å². The van der Waals surface area contributed by atoms with Crippen LogP contribution in [0.25, 0.3) is 33.0 Å². The molecule has 2 aliphatic carbocycles. The van der Waals surface area contributed by atoms with Crippen molar-refractivity contribution in [2.24, 2.45) is 0 Å². The van der Waals surface area contributed by atoms with E-state index in [1.807, 2.05) is 0 Å². The number of aliphatic hydroxyl groups is 2. The predicted octanol–water partition coefficient (Wildman–Crippen LogP) is 2.60. The zero-order chi connectivity index (χ0) is 30.1. The summed E-state index contributed by atoms with van der Waals surface area (Å²) in [4.78, 5) is 53.6. The maximum atomic E-state index is 14.1. The molecule has 0 amide bonds. The summed E-state index contributed by atoms with van der Waals surface area (Å²) < 4.78 is 0. The van der Waals surface area contributed by atoms with E-state index in [2.05, 4.69) is 0 Å². The lowest BCUT2D eigenvalue weighted by molar-refractivity contribution is 0.274. The van der Waals surface area contributed by atoms with Gasteiger partial charge in [-0.05, 0) is 25.7 Å². The smallest absolute Gasteiger partial charge is 0.232 e. The van der Waals surface area contributed by atoms with Crippen molar-refractivity contribution in [2.75, 3.05) is 0 Å². The minimum Gasteiger partial charge on any atom is -0.507 e. The number of hydrogen-bond donors (Lipinski definition) is 6. The second kappa shape index (κ2) is 9.72. The summed E-state index contributed by atoms with van der Waals surface area (Å²) in [7, 11) is 0. The molecule has 10 heteroatoms. The number of hydrogen-bond acceptors (Lipinski definition) is 10. The van der Waals surface area contributed by atoms with E-state index < -0.39 is 80.9 Å². The Morgan fingerprint density at radius 3 is 1.55 bits per heavy atom. The van der Waals surface area contributed by atoms with Crippen molar-refractivity contribution in [1.82, 2.24) is 0 Å². The zero-order valence-corrected chi connectivity index (χ0v) is 22.9. The minimum absolute atomic E-state index is 0.0580. The van der Waals surface area contributed by atoms with E-state index in [9.17, 15) is 49.8 Å². The summed E-state index contributed by atoms with van der Waals surface area (Å²) in [5, 5.41) is 64.0. The summed E-state index contributed by atoms with van der Waals surface area (Å²) >= 11 is 0. The topological polar surface area (TPSA) is 190 Å². The van der Waals surface area contributed by atoms with Crippen LogP contribution in [0.5, 0.6) is 23.0 Å². The van der Waals surface area contributed by atoms with Gasteiger partial charge in [-0.2, -0.15) is 0 Å². The maximum absolute atomic E-state index is 14.1. The lowest BCUT2D eigenvalue weighted by Gasteiger charge is -2.23. The summed E-state index contributed by atoms with van der Waals surface area (Å²) in [6, 6.07) is 0. The Bertz CT molecular complexity index is 1910. The van der Waals surface area contributed by atoms with Gasteiger partial charge in [0.1, 0.15) is 11.5 Å². The van der Waals surface area contributed by atoms with Gasteiger partial charge in [-0.3, -0.25) is 19.2 Å². The molecular formula is C30H30O10. The van der Waals surface area contributed by atoms with Crippen LogP contribution in [0.15, 0.2) is 19.2 Å². The Kier molecular flexibility index (Phi) is 6.98. The van der Waals surface area contributed by atoms with Crippen molar-refractivity contribution < 1.29 is 30.6 Å². The van der Waals surface area contributed by atoms with Gasteiger partial charge in [-0.25, -0.2) is 0 Å². The second-order valence-corrected chi connectivity index (χ2v) is 10.6. The van der Waals surface area contributed by atoms with Gasteiger partial charge >= 0.3 is 0 Å². The molecule has 0 radical (unpaired) electrons. The van der Waals surface area contributed by atoms with E-state index in [0.29, 0.717) is 0 Å². The van der Waals surface area contributed by atoms with Crippen molar-refractivity contribution in [3.63, 3.8) is 0 Å². The highest BCUT2D eigenvalue weighted by Gasteiger charge is 2.34. The van der Waals surface area contributed by atoms with Crippen LogP contribution < -0.4 is 21.7 Å². The second-order valence-electron chi connectivity index (χ2n) is 10.6. The quantitative estimate of drug-likeness (QED) is 0.122. The summed E-state index contributed by atoms with van der Waals surface area (Å²) in [5.74, 6) is -3.54. The van der Waals surface area contributed by atoms with Gasteiger partial charge in [0.2, 0.25) is 10.9 Å². The van der Waals surface area contributed by atoms with E-state index in [0.717, 1.165) is 0 Å². The Morgan fingerprint density at radius 1 is 0.500 bits per heavy atom. The van der Waals surface area contributed by atoms with Gasteiger partial charge in [-0.15, -0.1) is 0 Å². The molecule has 0 heterocycles. The first-order valence-electron chi connectivity index (χ1n) is 12.7. The zero-order valence-electron chi connectivity index (χ0n) is 22.9. The molecule has 2 aliphatic rings. The van der Waals surface area contributed by atoms with E-state index in [1.165, 1.54) is 13.8 Å². The van der Waals surface area contributed by atoms with Crippen molar-refractivity contribution >= 4 is 10.8 Å². The molecule has 210 valence electrons. The maximum Gasteiger partial charge on any atom is 0.232 e. The molecule has 0 unspecified atom stereocenters. The molecule has 2 aromatic rings. The number of aliphatic hydroxyl groups excluding tert-OH is 2. The molecule has 0 aliphatic heterocycles. The highest BCUT2D eigenvalue weighted by Crippen LogP contribution is 2.53. The summed E-state index contributed by atoms with van der Waals surface area (Å²) in [5.41, 5.74) is -6.38. The average molecular weight is 551 g/mol. The standard InChI is InChI=1S/C30H30O10/c1-9(2)15-21-19(13(7-31)25(35)29(15)39)27(37)17(11(5)23(21)33)18-12(6)24(34)22-16(10(3)4)30(40)26(36)14(8-32)20(22)28(18)38/h9-10,31-33,35,37,39H,7-8H2,1-6H3. The molecule has 0 fully saturated rings. The van der Waals surface area contributed by atoms with Gasteiger partial charge < -0.3 is 30.6 Å². The Morgan fingerprint density at radius 2 is 1.05 bits per heavy atom. The Labute approximate surface area is 227 Å². The monoisotopic (exact) mass is 550 g/mol. The molecule has 4 rings (SSSR count). The molecule has 0 aromatic heterocycles. The van der Waals surface area contributed by atoms with Gasteiger partial charge in [0.25, 0.3) is 0 Å². The third-order valence-electron chi connectivity index (χ3n) is 7.69. The number of phenolic OH excluding ortho intramolecular Hbond substituents is 3. The van der Waals surface area contributed by atoms with Crippen molar-refractivity contribution in [3.8, 4) is 45.3 Å². The third-order valence-corrected chi connectivity index (χ3v) is 7.69. The molecule has 0 saturated heterocycles. The molecular weight excluding hydrogens is 520 g/mol. The van der Waals surface area contributed by atoms with Crippen LogP contribution in [0, 0.1) is 13.8 Å². The molecule has 40 heavy (non-hydrogen) atoms. The number of benzene rings is 4. The molecule has 2 aromatic carbocycles. The predicted molar refractivity (Wildman–Crippen MR) is 150 cm³/mol. The van der Waals surface area contributed by atoms with Crippen LogP contribution in [0.1, 0.15) is 72.9 Å². The fourth-order valence-corrected chi connectivity index (χ4v) is 5.79.